The van der Waals surface area contributed by atoms with Crippen molar-refractivity contribution in [2.75, 3.05) is 17.1 Å². The summed E-state index contributed by atoms with van der Waals surface area (Å²) in [5.74, 6) is -0.743. The number of anilines is 1. The summed E-state index contributed by atoms with van der Waals surface area (Å²) in [5.41, 5.74) is 2.93. The smallest absolute Gasteiger partial charge is 0.244 e. The van der Waals surface area contributed by atoms with E-state index in [1.54, 1.807) is 30.3 Å². The van der Waals surface area contributed by atoms with E-state index >= 15 is 0 Å². The summed E-state index contributed by atoms with van der Waals surface area (Å²) < 4.78 is 26.6. The Morgan fingerprint density at radius 1 is 1.05 bits per heavy atom. The first-order valence-electron chi connectivity index (χ1n) is 12.5. The number of rotatable bonds is 10. The highest BCUT2D eigenvalue weighted by molar-refractivity contribution is 7.92. The number of carbonyl (C=O) groups excluding carboxylic acids is 2. The van der Waals surface area contributed by atoms with Crippen molar-refractivity contribution in [2.45, 2.75) is 71.5 Å². The topological polar surface area (TPSA) is 86.8 Å². The number of carbonyl (C=O) groups is 2. The molecule has 1 atom stereocenters. The molecule has 1 aliphatic carbocycles. The number of benzene rings is 2. The van der Waals surface area contributed by atoms with E-state index < -0.39 is 28.5 Å². The molecule has 2 aromatic rings. The first-order chi connectivity index (χ1) is 17.4. The van der Waals surface area contributed by atoms with Gasteiger partial charge in [-0.1, -0.05) is 55.1 Å². The summed E-state index contributed by atoms with van der Waals surface area (Å²) in [6.07, 6.45) is 5.37. The molecule has 1 aliphatic rings. The third kappa shape index (κ3) is 7.62. The van der Waals surface area contributed by atoms with E-state index in [0.717, 1.165) is 47.4 Å². The van der Waals surface area contributed by atoms with E-state index in [1.165, 1.54) is 4.90 Å². The van der Waals surface area contributed by atoms with Gasteiger partial charge >= 0.3 is 0 Å². The van der Waals surface area contributed by atoms with Crippen molar-refractivity contribution in [3.63, 3.8) is 0 Å². The number of aryl methyl sites for hydroxylation is 2. The first kappa shape index (κ1) is 29.3. The van der Waals surface area contributed by atoms with Gasteiger partial charge in [0.2, 0.25) is 21.8 Å². The van der Waals surface area contributed by atoms with Gasteiger partial charge < -0.3 is 10.2 Å². The molecule has 0 bridgehead atoms. The van der Waals surface area contributed by atoms with Gasteiger partial charge in [0, 0.05) is 22.6 Å². The Labute approximate surface area is 230 Å². The highest BCUT2D eigenvalue weighted by Crippen LogP contribution is 2.26. The van der Waals surface area contributed by atoms with E-state index in [9.17, 15) is 18.0 Å². The van der Waals surface area contributed by atoms with Crippen molar-refractivity contribution in [2.24, 2.45) is 0 Å². The predicted octanol–water partition coefficient (Wildman–Crippen LogP) is 5.24. The predicted molar refractivity (Wildman–Crippen MR) is 150 cm³/mol. The number of nitrogens with one attached hydrogen (secondary N) is 1. The molecule has 3 rings (SSSR count). The second-order valence-corrected chi connectivity index (χ2v) is 12.5. The van der Waals surface area contributed by atoms with Gasteiger partial charge in [0.15, 0.2) is 0 Å². The van der Waals surface area contributed by atoms with Crippen LogP contribution in [0.2, 0.25) is 10.0 Å². The molecule has 0 unspecified atom stereocenters. The van der Waals surface area contributed by atoms with Crippen LogP contribution in [0.15, 0.2) is 36.4 Å². The largest absolute Gasteiger partial charge is 0.352 e. The summed E-state index contributed by atoms with van der Waals surface area (Å²) in [6, 6.07) is 9.50. The van der Waals surface area contributed by atoms with Crippen LogP contribution in [0.1, 0.15) is 55.7 Å². The van der Waals surface area contributed by atoms with Crippen LogP contribution < -0.4 is 9.62 Å². The van der Waals surface area contributed by atoms with Crippen LogP contribution in [0.3, 0.4) is 0 Å². The van der Waals surface area contributed by atoms with Crippen molar-refractivity contribution in [1.29, 1.82) is 0 Å². The molecule has 10 heteroatoms. The molecule has 37 heavy (non-hydrogen) atoms. The van der Waals surface area contributed by atoms with Gasteiger partial charge in [-0.25, -0.2) is 8.42 Å². The lowest BCUT2D eigenvalue weighted by Crippen LogP contribution is -2.53. The Hall–Kier alpha value is -2.29. The maximum atomic E-state index is 13.8. The molecule has 0 saturated heterocycles. The number of hydrogen-bond acceptors (Lipinski definition) is 4. The highest BCUT2D eigenvalue weighted by atomic mass is 35.5. The summed E-state index contributed by atoms with van der Waals surface area (Å²) in [6.45, 7) is 5.24. The highest BCUT2D eigenvalue weighted by Gasteiger charge is 2.33. The molecule has 0 spiro atoms. The molecule has 202 valence electrons. The third-order valence-electron chi connectivity index (χ3n) is 6.90. The van der Waals surface area contributed by atoms with E-state index in [1.807, 2.05) is 26.8 Å². The maximum Gasteiger partial charge on any atom is 0.244 e. The van der Waals surface area contributed by atoms with E-state index in [2.05, 4.69) is 5.32 Å². The van der Waals surface area contributed by atoms with Crippen molar-refractivity contribution in [3.05, 3.63) is 63.1 Å². The minimum absolute atomic E-state index is 0.0377. The van der Waals surface area contributed by atoms with Crippen molar-refractivity contribution < 1.29 is 18.0 Å². The Morgan fingerprint density at radius 3 is 2.30 bits per heavy atom. The Morgan fingerprint density at radius 2 is 1.73 bits per heavy atom. The fourth-order valence-electron chi connectivity index (χ4n) is 4.61. The summed E-state index contributed by atoms with van der Waals surface area (Å²) in [4.78, 5) is 28.6. The van der Waals surface area contributed by atoms with E-state index in [4.69, 9.17) is 23.2 Å². The van der Waals surface area contributed by atoms with Crippen LogP contribution in [-0.2, 0) is 26.2 Å². The van der Waals surface area contributed by atoms with Crippen molar-refractivity contribution in [1.82, 2.24) is 10.2 Å². The van der Waals surface area contributed by atoms with Crippen molar-refractivity contribution in [3.8, 4) is 0 Å². The van der Waals surface area contributed by atoms with Gasteiger partial charge in [0.1, 0.15) is 12.6 Å². The minimum Gasteiger partial charge on any atom is -0.352 e. The zero-order chi connectivity index (χ0) is 27.3. The standard InChI is InChI=1S/C27H35Cl2N3O4S/c1-5-25(27(34)30-22-8-6-7-9-22)31(16-20-11-12-21(28)15-24(20)29)26(33)17-32(37(4,35)36)23-13-10-18(2)19(3)14-23/h10-15,22,25H,5-9,16-17H2,1-4H3,(H,30,34)/t25-/m0/s1. The molecule has 0 heterocycles. The average molecular weight is 569 g/mol. The van der Waals surface area contributed by atoms with Gasteiger partial charge in [0.25, 0.3) is 0 Å². The van der Waals surface area contributed by atoms with Crippen molar-refractivity contribution >= 4 is 50.7 Å². The van der Waals surface area contributed by atoms with Gasteiger partial charge in [-0.15, -0.1) is 0 Å². The summed E-state index contributed by atoms with van der Waals surface area (Å²) in [5, 5.41) is 3.91. The molecule has 0 radical (unpaired) electrons. The Kier molecular flexibility index (Phi) is 9.89. The maximum absolute atomic E-state index is 13.8. The Bertz CT molecular complexity index is 1250. The summed E-state index contributed by atoms with van der Waals surface area (Å²) in [7, 11) is -3.79. The lowest BCUT2D eigenvalue weighted by molar-refractivity contribution is -0.140. The second-order valence-electron chi connectivity index (χ2n) is 9.71. The number of hydrogen-bond donors (Lipinski definition) is 1. The first-order valence-corrected chi connectivity index (χ1v) is 15.1. The van der Waals surface area contributed by atoms with Crippen LogP contribution in [0.4, 0.5) is 5.69 Å². The van der Waals surface area contributed by atoms with E-state index in [0.29, 0.717) is 27.7 Å². The molecular formula is C27H35Cl2N3O4S. The van der Waals surface area contributed by atoms with Gasteiger partial charge in [0.05, 0.1) is 11.9 Å². The number of amides is 2. The molecule has 2 aromatic carbocycles. The molecule has 1 fully saturated rings. The summed E-state index contributed by atoms with van der Waals surface area (Å²) >= 11 is 12.5. The van der Waals surface area contributed by atoms with Crippen LogP contribution >= 0.6 is 23.2 Å². The van der Waals surface area contributed by atoms with Crippen LogP contribution in [0, 0.1) is 13.8 Å². The number of sulfonamides is 1. The zero-order valence-corrected chi connectivity index (χ0v) is 24.1. The lowest BCUT2D eigenvalue weighted by Gasteiger charge is -2.33. The van der Waals surface area contributed by atoms with Crippen LogP contribution in [0.5, 0.6) is 0 Å². The quantitative estimate of drug-likeness (QED) is 0.425. The second kappa shape index (κ2) is 12.5. The Balaban J connectivity index is 1.96. The molecule has 0 aliphatic heterocycles. The molecule has 7 nitrogen and oxygen atoms in total. The monoisotopic (exact) mass is 567 g/mol. The van der Waals surface area contributed by atoms with E-state index in [-0.39, 0.29) is 18.5 Å². The van der Waals surface area contributed by atoms with Gasteiger partial charge in [-0.3, -0.25) is 13.9 Å². The average Bonchev–Trinajstić information content (AvgIpc) is 3.32. The fraction of sp³-hybridized carbons (Fsp3) is 0.481. The molecule has 1 saturated carbocycles. The third-order valence-corrected chi connectivity index (χ3v) is 8.63. The van der Waals surface area contributed by atoms with Gasteiger partial charge in [-0.05, 0) is 74.1 Å². The number of halogens is 2. The lowest BCUT2D eigenvalue weighted by atomic mass is 10.1. The molecule has 1 N–H and O–H groups in total. The molecule has 2 amide bonds. The minimum atomic E-state index is -3.79. The molecule has 0 aromatic heterocycles. The number of nitrogens with zero attached hydrogens (tertiary/aromatic N) is 2. The fourth-order valence-corrected chi connectivity index (χ4v) is 5.92. The van der Waals surface area contributed by atoms with Crippen LogP contribution in [-0.4, -0.2) is 50.0 Å². The van der Waals surface area contributed by atoms with Crippen LogP contribution in [0.25, 0.3) is 0 Å². The SMILES string of the molecule is CC[C@@H](C(=O)NC1CCCC1)N(Cc1ccc(Cl)cc1Cl)C(=O)CN(c1ccc(C)c(C)c1)S(C)(=O)=O. The van der Waals surface area contributed by atoms with Gasteiger partial charge in [-0.2, -0.15) is 0 Å². The normalized spacial score (nSPS) is 14.9. The molecular weight excluding hydrogens is 533 g/mol. The zero-order valence-electron chi connectivity index (χ0n) is 21.8.